The van der Waals surface area contributed by atoms with Crippen molar-refractivity contribution < 1.29 is 9.90 Å². The second-order valence-electron chi connectivity index (χ2n) is 6.37. The molecule has 0 spiro atoms. The molecular formula is C23H14Cl2NO2-. The van der Waals surface area contributed by atoms with Crippen molar-refractivity contribution in [3.8, 4) is 22.4 Å². The first-order chi connectivity index (χ1) is 13.5. The van der Waals surface area contributed by atoms with Crippen LogP contribution in [0.1, 0.15) is 5.56 Å². The average Bonchev–Trinajstić information content (AvgIpc) is 2.69. The molecule has 3 aromatic carbocycles. The molecule has 0 radical (unpaired) electrons. The Hall–Kier alpha value is -2.88. The monoisotopic (exact) mass is 406 g/mol. The Morgan fingerprint density at radius 2 is 1.64 bits per heavy atom. The average molecular weight is 407 g/mol. The van der Waals surface area contributed by atoms with Crippen molar-refractivity contribution in [2.24, 2.45) is 0 Å². The van der Waals surface area contributed by atoms with Crippen LogP contribution in [-0.4, -0.2) is 11.0 Å². The lowest BCUT2D eigenvalue weighted by Gasteiger charge is -2.19. The Balaban J connectivity index is 2.18. The van der Waals surface area contributed by atoms with Crippen molar-refractivity contribution in [3.63, 3.8) is 0 Å². The van der Waals surface area contributed by atoms with Gasteiger partial charge < -0.3 is 9.90 Å². The Morgan fingerprint density at radius 1 is 0.929 bits per heavy atom. The third kappa shape index (κ3) is 3.47. The van der Waals surface area contributed by atoms with Crippen molar-refractivity contribution in [3.05, 3.63) is 88.4 Å². The van der Waals surface area contributed by atoms with Gasteiger partial charge in [0, 0.05) is 38.9 Å². The summed E-state index contributed by atoms with van der Waals surface area (Å²) in [5.41, 5.74) is 4.11. The fraction of sp³-hybridized carbons (Fsp3) is 0.0435. The summed E-state index contributed by atoms with van der Waals surface area (Å²) in [7, 11) is 0. The maximum atomic E-state index is 11.6. The second-order valence-corrected chi connectivity index (χ2v) is 7.21. The number of carboxylic acids is 1. The molecule has 138 valence electrons. The number of carboxylic acid groups (broad SMARTS) is 1. The Morgan fingerprint density at radius 3 is 2.36 bits per heavy atom. The topological polar surface area (TPSA) is 53.0 Å². The highest BCUT2D eigenvalue weighted by Gasteiger charge is 2.19. The molecular weight excluding hydrogens is 393 g/mol. The minimum Gasteiger partial charge on any atom is -0.550 e. The van der Waals surface area contributed by atoms with E-state index >= 15 is 0 Å². The summed E-state index contributed by atoms with van der Waals surface area (Å²) >= 11 is 12.7. The van der Waals surface area contributed by atoms with Crippen LogP contribution in [0.3, 0.4) is 0 Å². The van der Waals surface area contributed by atoms with E-state index < -0.39 is 5.97 Å². The van der Waals surface area contributed by atoms with Gasteiger partial charge in [0.15, 0.2) is 0 Å². The van der Waals surface area contributed by atoms with Crippen LogP contribution in [0.5, 0.6) is 0 Å². The zero-order valence-electron chi connectivity index (χ0n) is 14.7. The Bertz CT molecular complexity index is 1190. The summed E-state index contributed by atoms with van der Waals surface area (Å²) in [6.07, 6.45) is -0.291. The maximum absolute atomic E-state index is 11.6. The summed E-state index contributed by atoms with van der Waals surface area (Å²) in [5.74, 6) is -1.19. The maximum Gasteiger partial charge on any atom is 0.0751 e. The molecule has 5 heteroatoms. The van der Waals surface area contributed by atoms with Gasteiger partial charge in [-0.15, -0.1) is 0 Å². The number of aromatic nitrogens is 1. The van der Waals surface area contributed by atoms with E-state index in [1.54, 1.807) is 18.2 Å². The van der Waals surface area contributed by atoms with E-state index in [1.807, 2.05) is 54.6 Å². The number of hydrogen-bond acceptors (Lipinski definition) is 3. The SMILES string of the molecule is O=C([O-])Cc1c(-c2ccccc2)nc2ccc(Cl)cc2c1-c1ccccc1Cl. The zero-order chi connectivity index (χ0) is 19.7. The Labute approximate surface area is 172 Å². The number of benzene rings is 3. The molecule has 0 aliphatic carbocycles. The van der Waals surface area contributed by atoms with Crippen LogP contribution < -0.4 is 5.11 Å². The summed E-state index contributed by atoms with van der Waals surface area (Å²) < 4.78 is 0. The van der Waals surface area contributed by atoms with Gasteiger partial charge in [-0.2, -0.15) is 0 Å². The van der Waals surface area contributed by atoms with Gasteiger partial charge in [-0.1, -0.05) is 71.7 Å². The van der Waals surface area contributed by atoms with E-state index in [2.05, 4.69) is 0 Å². The van der Waals surface area contributed by atoms with Crippen LogP contribution in [0.25, 0.3) is 33.3 Å². The van der Waals surface area contributed by atoms with E-state index in [4.69, 9.17) is 28.2 Å². The first-order valence-electron chi connectivity index (χ1n) is 8.67. The van der Waals surface area contributed by atoms with E-state index in [1.165, 1.54) is 0 Å². The predicted octanol–water partition coefficient (Wildman–Crippen LogP) is 5.17. The molecule has 4 aromatic rings. The van der Waals surface area contributed by atoms with E-state index in [0.717, 1.165) is 16.5 Å². The zero-order valence-corrected chi connectivity index (χ0v) is 16.2. The molecule has 0 N–H and O–H groups in total. The third-order valence-electron chi connectivity index (χ3n) is 4.56. The molecule has 0 bridgehead atoms. The third-order valence-corrected chi connectivity index (χ3v) is 5.12. The highest BCUT2D eigenvalue weighted by atomic mass is 35.5. The molecule has 0 amide bonds. The van der Waals surface area contributed by atoms with Crippen molar-refractivity contribution in [1.29, 1.82) is 0 Å². The number of nitrogens with zero attached hydrogens (tertiary/aromatic N) is 1. The lowest BCUT2D eigenvalue weighted by molar-refractivity contribution is -0.304. The molecule has 4 rings (SSSR count). The number of fused-ring (bicyclic) bond motifs is 1. The number of carbonyl (C=O) groups excluding carboxylic acids is 1. The van der Waals surface area contributed by atoms with Gasteiger partial charge in [-0.05, 0) is 35.4 Å². The van der Waals surface area contributed by atoms with Crippen molar-refractivity contribution in [2.45, 2.75) is 6.42 Å². The molecule has 0 aliphatic heterocycles. The van der Waals surface area contributed by atoms with Crippen LogP contribution in [0.4, 0.5) is 0 Å². The van der Waals surface area contributed by atoms with Crippen molar-refractivity contribution in [2.75, 3.05) is 0 Å². The standard InChI is InChI=1S/C23H15Cl2NO2/c24-15-10-11-20-17(12-15)22(16-8-4-5-9-19(16)25)18(13-21(27)28)23(26-20)14-6-2-1-3-7-14/h1-12H,13H2,(H,27,28)/p-1. The number of pyridine rings is 1. The second kappa shape index (κ2) is 7.63. The van der Waals surface area contributed by atoms with Gasteiger partial charge in [0.05, 0.1) is 11.2 Å². The molecule has 0 fully saturated rings. The molecule has 0 unspecified atom stereocenters. The van der Waals surface area contributed by atoms with Crippen molar-refractivity contribution in [1.82, 2.24) is 4.98 Å². The van der Waals surface area contributed by atoms with Gasteiger partial charge in [0.25, 0.3) is 0 Å². The van der Waals surface area contributed by atoms with Gasteiger partial charge in [-0.3, -0.25) is 0 Å². The lowest BCUT2D eigenvalue weighted by atomic mass is 9.90. The summed E-state index contributed by atoms with van der Waals surface area (Å²) in [6, 6.07) is 22.2. The normalized spacial score (nSPS) is 10.9. The van der Waals surface area contributed by atoms with Gasteiger partial charge in [-0.25, -0.2) is 4.98 Å². The number of carbonyl (C=O) groups is 1. The van der Waals surface area contributed by atoms with Gasteiger partial charge >= 0.3 is 0 Å². The molecule has 0 aliphatic rings. The van der Waals surface area contributed by atoms with Crippen LogP contribution in [0, 0.1) is 0 Å². The first kappa shape index (κ1) is 18.5. The molecule has 3 nitrogen and oxygen atoms in total. The smallest absolute Gasteiger partial charge is 0.0751 e. The molecule has 1 aromatic heterocycles. The van der Waals surface area contributed by atoms with Crippen molar-refractivity contribution >= 4 is 40.1 Å². The predicted molar refractivity (Wildman–Crippen MR) is 111 cm³/mol. The van der Waals surface area contributed by atoms with E-state index in [0.29, 0.717) is 32.4 Å². The molecule has 0 saturated heterocycles. The highest BCUT2D eigenvalue weighted by molar-refractivity contribution is 6.34. The van der Waals surface area contributed by atoms with E-state index in [9.17, 15) is 9.90 Å². The Kier molecular flexibility index (Phi) is 5.03. The molecule has 28 heavy (non-hydrogen) atoms. The minimum absolute atomic E-state index is 0.291. The van der Waals surface area contributed by atoms with Crippen LogP contribution in [0.2, 0.25) is 10.0 Å². The minimum atomic E-state index is -1.19. The lowest BCUT2D eigenvalue weighted by Crippen LogP contribution is -2.25. The van der Waals surface area contributed by atoms with Crippen LogP contribution in [0.15, 0.2) is 72.8 Å². The largest absolute Gasteiger partial charge is 0.550 e. The van der Waals surface area contributed by atoms with Gasteiger partial charge in [0.2, 0.25) is 0 Å². The van der Waals surface area contributed by atoms with Gasteiger partial charge in [0.1, 0.15) is 0 Å². The van der Waals surface area contributed by atoms with E-state index in [-0.39, 0.29) is 6.42 Å². The first-order valence-corrected chi connectivity index (χ1v) is 9.42. The van der Waals surface area contributed by atoms with Crippen LogP contribution >= 0.6 is 23.2 Å². The fourth-order valence-corrected chi connectivity index (χ4v) is 3.80. The van der Waals surface area contributed by atoms with Crippen LogP contribution in [-0.2, 0) is 11.2 Å². The molecule has 1 heterocycles. The highest BCUT2D eigenvalue weighted by Crippen LogP contribution is 2.40. The number of hydrogen-bond donors (Lipinski definition) is 0. The summed E-state index contributed by atoms with van der Waals surface area (Å²) in [6.45, 7) is 0. The number of halogens is 2. The quantitative estimate of drug-likeness (QED) is 0.469. The summed E-state index contributed by atoms with van der Waals surface area (Å²) in [4.78, 5) is 16.4. The molecule has 0 saturated carbocycles. The summed E-state index contributed by atoms with van der Waals surface area (Å²) in [5, 5.41) is 13.4. The molecule has 0 atom stereocenters. The number of aliphatic carboxylic acids is 1. The fourth-order valence-electron chi connectivity index (χ4n) is 3.40. The number of rotatable bonds is 4.